The molecular formula is C32H21ClFNO3S. The van der Waals surface area contributed by atoms with Gasteiger partial charge in [0.1, 0.15) is 18.2 Å². The van der Waals surface area contributed by atoms with Gasteiger partial charge < -0.3 is 4.74 Å². The molecule has 2 amide bonds. The first kappa shape index (κ1) is 25.2. The number of hydrogen-bond acceptors (Lipinski definition) is 4. The summed E-state index contributed by atoms with van der Waals surface area (Å²) in [7, 11) is 0. The van der Waals surface area contributed by atoms with Crippen molar-refractivity contribution in [1.29, 1.82) is 0 Å². The number of amides is 2. The van der Waals surface area contributed by atoms with Crippen molar-refractivity contribution in [3.63, 3.8) is 0 Å². The van der Waals surface area contributed by atoms with Crippen molar-refractivity contribution in [3.05, 3.63) is 129 Å². The molecule has 1 heterocycles. The van der Waals surface area contributed by atoms with Crippen molar-refractivity contribution >= 4 is 62.1 Å². The Kier molecular flexibility index (Phi) is 6.81. The first-order valence-electron chi connectivity index (χ1n) is 12.3. The maximum atomic E-state index is 14.4. The number of carbonyl (C=O) groups excluding carboxylic acids is 2. The molecule has 7 heteroatoms. The third-order valence-electron chi connectivity index (χ3n) is 6.72. The van der Waals surface area contributed by atoms with Crippen LogP contribution in [0.2, 0.25) is 5.02 Å². The third-order valence-corrected chi connectivity index (χ3v) is 7.98. The molecule has 0 spiro atoms. The van der Waals surface area contributed by atoms with Crippen LogP contribution in [0.15, 0.2) is 102 Å². The van der Waals surface area contributed by atoms with Gasteiger partial charge in [-0.05, 0) is 63.1 Å². The lowest BCUT2D eigenvalue weighted by Crippen LogP contribution is -2.28. The second-order valence-electron chi connectivity index (χ2n) is 9.09. The highest BCUT2D eigenvalue weighted by atomic mass is 35.5. The van der Waals surface area contributed by atoms with Crippen LogP contribution in [0.3, 0.4) is 0 Å². The Labute approximate surface area is 233 Å². The summed E-state index contributed by atoms with van der Waals surface area (Å²) in [6.45, 7) is 0.0846. The van der Waals surface area contributed by atoms with E-state index in [4.69, 9.17) is 16.3 Å². The molecular weight excluding hydrogens is 533 g/mol. The number of rotatable bonds is 6. The Bertz CT molecular complexity index is 1780. The number of nitrogens with zero attached hydrogens (tertiary/aromatic N) is 1. The Hall–Kier alpha value is -4.13. The number of halogens is 2. The number of ether oxygens (including phenoxy) is 1. The molecule has 0 N–H and O–H groups in total. The van der Waals surface area contributed by atoms with Crippen LogP contribution in [0.5, 0.6) is 5.75 Å². The van der Waals surface area contributed by atoms with Gasteiger partial charge in [-0.15, -0.1) is 0 Å². The summed E-state index contributed by atoms with van der Waals surface area (Å²) in [5.41, 5.74) is 1.84. The number of thioether (sulfide) groups is 1. The SMILES string of the molecule is O=C1S/C(=C\c2c(OCc3cccc4ccccc34)ccc3ccccc23)C(=O)N1Cc1c(F)cccc1Cl. The average molecular weight is 554 g/mol. The van der Waals surface area contributed by atoms with Crippen LogP contribution in [0, 0.1) is 5.82 Å². The van der Waals surface area contributed by atoms with Crippen LogP contribution < -0.4 is 4.74 Å². The summed E-state index contributed by atoms with van der Waals surface area (Å²) >= 11 is 6.97. The summed E-state index contributed by atoms with van der Waals surface area (Å²) < 4.78 is 20.7. The van der Waals surface area contributed by atoms with E-state index in [0.717, 1.165) is 43.8 Å². The second-order valence-corrected chi connectivity index (χ2v) is 10.5. The molecule has 0 aliphatic carbocycles. The van der Waals surface area contributed by atoms with Gasteiger partial charge in [0.05, 0.1) is 11.4 Å². The normalized spacial score (nSPS) is 14.6. The van der Waals surface area contributed by atoms with Gasteiger partial charge in [-0.25, -0.2) is 4.39 Å². The highest BCUT2D eigenvalue weighted by molar-refractivity contribution is 8.18. The average Bonchev–Trinajstić information content (AvgIpc) is 3.21. The smallest absolute Gasteiger partial charge is 0.293 e. The molecule has 1 aliphatic rings. The van der Waals surface area contributed by atoms with Gasteiger partial charge in [-0.3, -0.25) is 14.5 Å². The van der Waals surface area contributed by atoms with Crippen LogP contribution in [0.4, 0.5) is 9.18 Å². The van der Waals surface area contributed by atoms with Crippen LogP contribution in [-0.2, 0) is 17.9 Å². The minimum atomic E-state index is -0.566. The van der Waals surface area contributed by atoms with E-state index >= 15 is 0 Å². The molecule has 192 valence electrons. The van der Waals surface area contributed by atoms with Gasteiger partial charge >= 0.3 is 0 Å². The van der Waals surface area contributed by atoms with Gasteiger partial charge in [-0.1, -0.05) is 90.5 Å². The number of benzene rings is 5. The fourth-order valence-corrected chi connectivity index (χ4v) is 5.78. The molecule has 1 fully saturated rings. The van der Waals surface area contributed by atoms with Gasteiger partial charge in [-0.2, -0.15) is 0 Å². The highest BCUT2D eigenvalue weighted by Crippen LogP contribution is 2.38. The molecule has 5 aromatic rings. The number of imide groups is 1. The van der Waals surface area contributed by atoms with Crippen molar-refractivity contribution in [2.24, 2.45) is 0 Å². The van der Waals surface area contributed by atoms with Gasteiger partial charge in [0.25, 0.3) is 11.1 Å². The maximum Gasteiger partial charge on any atom is 0.293 e. The summed E-state index contributed by atoms with van der Waals surface area (Å²) in [5, 5.41) is 3.77. The van der Waals surface area contributed by atoms with E-state index in [2.05, 4.69) is 18.2 Å². The van der Waals surface area contributed by atoms with Crippen LogP contribution >= 0.6 is 23.4 Å². The van der Waals surface area contributed by atoms with E-state index in [9.17, 15) is 14.0 Å². The molecule has 0 radical (unpaired) electrons. The fraction of sp³-hybridized carbons (Fsp3) is 0.0625. The van der Waals surface area contributed by atoms with E-state index < -0.39 is 17.0 Å². The van der Waals surface area contributed by atoms with E-state index in [1.165, 1.54) is 18.2 Å². The number of hydrogen-bond donors (Lipinski definition) is 0. The van der Waals surface area contributed by atoms with Crippen molar-refractivity contribution < 1.29 is 18.7 Å². The van der Waals surface area contributed by atoms with Crippen molar-refractivity contribution in [3.8, 4) is 5.75 Å². The maximum absolute atomic E-state index is 14.4. The molecule has 0 saturated carbocycles. The van der Waals surface area contributed by atoms with Gasteiger partial charge in [0.2, 0.25) is 0 Å². The Morgan fingerprint density at radius 2 is 1.51 bits per heavy atom. The zero-order valence-corrected chi connectivity index (χ0v) is 22.1. The summed E-state index contributed by atoms with van der Waals surface area (Å²) in [6.07, 6.45) is 1.69. The van der Waals surface area contributed by atoms with Crippen LogP contribution in [-0.4, -0.2) is 16.0 Å². The first-order valence-corrected chi connectivity index (χ1v) is 13.5. The zero-order valence-electron chi connectivity index (χ0n) is 20.6. The molecule has 0 unspecified atom stereocenters. The van der Waals surface area contributed by atoms with Crippen molar-refractivity contribution in [2.75, 3.05) is 0 Å². The predicted molar refractivity (Wildman–Crippen MR) is 155 cm³/mol. The Morgan fingerprint density at radius 3 is 2.31 bits per heavy atom. The van der Waals surface area contributed by atoms with Crippen molar-refractivity contribution in [1.82, 2.24) is 4.90 Å². The lowest BCUT2D eigenvalue weighted by molar-refractivity contribution is -0.123. The first-order chi connectivity index (χ1) is 19.0. The van der Waals surface area contributed by atoms with E-state index in [-0.39, 0.29) is 22.0 Å². The monoisotopic (exact) mass is 553 g/mol. The third kappa shape index (κ3) is 4.89. The van der Waals surface area contributed by atoms with Crippen LogP contribution in [0.25, 0.3) is 27.6 Å². The zero-order chi connectivity index (χ0) is 26.9. The molecule has 0 atom stereocenters. The topological polar surface area (TPSA) is 46.6 Å². The molecule has 1 aliphatic heterocycles. The predicted octanol–water partition coefficient (Wildman–Crippen LogP) is 8.60. The minimum absolute atomic E-state index is 0.104. The summed E-state index contributed by atoms with van der Waals surface area (Å²) in [4.78, 5) is 27.4. The largest absolute Gasteiger partial charge is 0.488 e. The second kappa shape index (κ2) is 10.6. The molecule has 0 bridgehead atoms. The highest BCUT2D eigenvalue weighted by Gasteiger charge is 2.36. The number of fused-ring (bicyclic) bond motifs is 2. The molecule has 1 saturated heterocycles. The summed E-state index contributed by atoms with van der Waals surface area (Å²) in [5.74, 6) is -0.480. The molecule has 39 heavy (non-hydrogen) atoms. The van der Waals surface area contributed by atoms with Gasteiger partial charge in [0, 0.05) is 16.1 Å². The van der Waals surface area contributed by atoms with E-state index in [0.29, 0.717) is 17.9 Å². The Morgan fingerprint density at radius 1 is 0.821 bits per heavy atom. The van der Waals surface area contributed by atoms with Crippen LogP contribution in [0.1, 0.15) is 16.7 Å². The number of carbonyl (C=O) groups is 2. The quantitative estimate of drug-likeness (QED) is 0.197. The van der Waals surface area contributed by atoms with E-state index in [1.54, 1.807) is 6.08 Å². The lowest BCUT2D eigenvalue weighted by atomic mass is 10.0. The Balaban J connectivity index is 1.35. The lowest BCUT2D eigenvalue weighted by Gasteiger charge is -2.15. The minimum Gasteiger partial charge on any atom is -0.488 e. The standard InChI is InChI=1S/C32H21ClFNO3S/c33-27-13-6-14-28(34)26(27)18-35-31(36)30(39-32(35)37)17-25-24-12-4-2-8-21(24)15-16-29(25)38-19-22-10-5-9-20-7-1-3-11-23(20)22/h1-17H,18-19H2/b30-17-. The van der Waals surface area contributed by atoms with E-state index in [1.807, 2.05) is 60.7 Å². The fourth-order valence-electron chi connectivity index (χ4n) is 4.73. The van der Waals surface area contributed by atoms with Crippen molar-refractivity contribution in [2.45, 2.75) is 13.2 Å². The summed E-state index contributed by atoms with van der Waals surface area (Å²) in [6, 6.07) is 30.1. The molecule has 0 aromatic heterocycles. The molecule has 6 rings (SSSR count). The molecule has 4 nitrogen and oxygen atoms in total. The van der Waals surface area contributed by atoms with Gasteiger partial charge in [0.15, 0.2) is 0 Å². The molecule has 5 aromatic carbocycles.